The van der Waals surface area contributed by atoms with Crippen molar-refractivity contribution in [2.45, 2.75) is 57.0 Å². The van der Waals surface area contributed by atoms with E-state index >= 15 is 0 Å². The number of nitrogens with one attached hydrogen (secondary N) is 1. The highest BCUT2D eigenvalue weighted by Gasteiger charge is 2.28. The molecule has 0 saturated heterocycles. The van der Waals surface area contributed by atoms with E-state index in [0.29, 0.717) is 6.04 Å². The van der Waals surface area contributed by atoms with Crippen molar-refractivity contribution < 1.29 is 0 Å². The van der Waals surface area contributed by atoms with E-state index in [9.17, 15) is 0 Å². The molecule has 28 heavy (non-hydrogen) atoms. The Morgan fingerprint density at radius 3 is 2.79 bits per heavy atom. The first-order chi connectivity index (χ1) is 13.8. The SMILES string of the molecule is CC.CCCC1CN(Sc2cncs2)Cc2ccccc2N1Cc1cnc[nH]1. The molecule has 0 radical (unpaired) electrons. The second-order valence-electron chi connectivity index (χ2n) is 6.51. The Bertz CT molecular complexity index is 804. The van der Waals surface area contributed by atoms with Crippen LogP contribution in [0.2, 0.25) is 0 Å². The van der Waals surface area contributed by atoms with Gasteiger partial charge < -0.3 is 9.88 Å². The van der Waals surface area contributed by atoms with Gasteiger partial charge in [0.1, 0.15) is 0 Å². The van der Waals surface area contributed by atoms with Crippen LogP contribution in [0.4, 0.5) is 5.69 Å². The molecule has 1 aliphatic rings. The quantitative estimate of drug-likeness (QED) is 0.532. The molecule has 1 aliphatic heterocycles. The van der Waals surface area contributed by atoms with Gasteiger partial charge in [0.15, 0.2) is 0 Å². The van der Waals surface area contributed by atoms with Crippen LogP contribution in [0.25, 0.3) is 0 Å². The first kappa shape index (κ1) is 20.9. The monoisotopic (exact) mass is 415 g/mol. The Morgan fingerprint density at radius 2 is 2.07 bits per heavy atom. The highest BCUT2D eigenvalue weighted by atomic mass is 32.2. The van der Waals surface area contributed by atoms with E-state index in [2.05, 4.69) is 55.3 Å². The third-order valence-corrected chi connectivity index (χ3v) is 6.55. The van der Waals surface area contributed by atoms with Gasteiger partial charge in [-0.05, 0) is 30.0 Å². The van der Waals surface area contributed by atoms with Gasteiger partial charge in [0.2, 0.25) is 0 Å². The average molecular weight is 416 g/mol. The van der Waals surface area contributed by atoms with E-state index in [1.165, 1.54) is 28.3 Å². The number of para-hydroxylation sites is 1. The minimum Gasteiger partial charge on any atom is -0.361 e. The van der Waals surface area contributed by atoms with Crippen molar-refractivity contribution in [1.29, 1.82) is 0 Å². The van der Waals surface area contributed by atoms with E-state index in [1.54, 1.807) is 17.7 Å². The number of aromatic nitrogens is 3. The molecule has 4 rings (SSSR count). The predicted octanol–water partition coefficient (Wildman–Crippen LogP) is 5.59. The number of hydrogen-bond donors (Lipinski definition) is 1. The van der Waals surface area contributed by atoms with Crippen LogP contribution in [0.15, 0.2) is 52.7 Å². The third kappa shape index (κ3) is 5.16. The number of imidazole rings is 1. The predicted molar refractivity (Wildman–Crippen MR) is 120 cm³/mol. The lowest BCUT2D eigenvalue weighted by Crippen LogP contribution is -2.40. The van der Waals surface area contributed by atoms with Crippen molar-refractivity contribution in [1.82, 2.24) is 19.3 Å². The summed E-state index contributed by atoms with van der Waals surface area (Å²) >= 11 is 3.54. The maximum Gasteiger partial charge on any atom is 0.0952 e. The lowest BCUT2D eigenvalue weighted by Gasteiger charge is -2.33. The topological polar surface area (TPSA) is 48.1 Å². The Kier molecular flexibility index (Phi) is 7.94. The first-order valence-electron chi connectivity index (χ1n) is 9.96. The average Bonchev–Trinajstić information content (AvgIpc) is 3.40. The summed E-state index contributed by atoms with van der Waals surface area (Å²) in [5.74, 6) is 0. The van der Waals surface area contributed by atoms with Gasteiger partial charge in [-0.1, -0.05) is 45.4 Å². The number of fused-ring (bicyclic) bond motifs is 1. The fourth-order valence-corrected chi connectivity index (χ4v) is 5.28. The van der Waals surface area contributed by atoms with Gasteiger partial charge in [-0.15, -0.1) is 11.3 Å². The van der Waals surface area contributed by atoms with Crippen molar-refractivity contribution in [2.24, 2.45) is 0 Å². The lowest BCUT2D eigenvalue weighted by molar-refractivity contribution is 0.405. The van der Waals surface area contributed by atoms with Crippen molar-refractivity contribution in [3.05, 3.63) is 59.8 Å². The number of hydrogen-bond acceptors (Lipinski definition) is 6. The van der Waals surface area contributed by atoms with Crippen molar-refractivity contribution in [2.75, 3.05) is 11.4 Å². The second-order valence-corrected chi connectivity index (χ2v) is 8.79. The summed E-state index contributed by atoms with van der Waals surface area (Å²) in [6.07, 6.45) is 8.00. The fourth-order valence-electron chi connectivity index (χ4n) is 3.50. The second kappa shape index (κ2) is 10.6. The Labute approximate surface area is 176 Å². The van der Waals surface area contributed by atoms with Gasteiger partial charge in [0, 0.05) is 31.0 Å². The molecule has 1 aromatic carbocycles. The zero-order valence-corrected chi connectivity index (χ0v) is 18.5. The van der Waals surface area contributed by atoms with Crippen molar-refractivity contribution >= 4 is 29.0 Å². The molecule has 0 saturated carbocycles. The molecule has 0 amide bonds. The van der Waals surface area contributed by atoms with Gasteiger partial charge in [0.05, 0.1) is 34.5 Å². The number of thiazole rings is 1. The molecule has 150 valence electrons. The first-order valence-corrected chi connectivity index (χ1v) is 11.6. The Hall–Kier alpha value is -1.83. The standard InChI is InChI=1S/C19H23N5S2.C2H6/c1-2-5-17-12-23(26-19-9-21-14-25-19)10-15-6-3-4-7-18(15)24(17)11-16-8-20-13-22-16;1-2/h3-4,6-9,13-14,17H,2,5,10-12H2,1H3,(H,20,22);1-2H3. The van der Waals surface area contributed by atoms with Crippen molar-refractivity contribution in [3.8, 4) is 0 Å². The Balaban J connectivity index is 0.00000109. The maximum atomic E-state index is 4.23. The van der Waals surface area contributed by atoms with Gasteiger partial charge in [-0.25, -0.2) is 9.29 Å². The van der Waals surface area contributed by atoms with E-state index < -0.39 is 0 Å². The summed E-state index contributed by atoms with van der Waals surface area (Å²) in [6, 6.07) is 9.27. The van der Waals surface area contributed by atoms with Crippen LogP contribution >= 0.6 is 23.3 Å². The summed E-state index contributed by atoms with van der Waals surface area (Å²) in [5.41, 5.74) is 5.78. The largest absolute Gasteiger partial charge is 0.361 e. The minimum absolute atomic E-state index is 0.465. The molecule has 5 nitrogen and oxygen atoms in total. The number of anilines is 1. The molecule has 1 atom stereocenters. The molecule has 3 aromatic rings. The molecular formula is C21H29N5S2. The fraction of sp³-hybridized carbons (Fsp3) is 0.429. The molecule has 0 aliphatic carbocycles. The van der Waals surface area contributed by atoms with Crippen molar-refractivity contribution in [3.63, 3.8) is 0 Å². The number of aromatic amines is 1. The number of H-pyrrole nitrogens is 1. The van der Waals surface area contributed by atoms with Gasteiger partial charge >= 0.3 is 0 Å². The molecular weight excluding hydrogens is 386 g/mol. The van der Waals surface area contributed by atoms with Crippen LogP contribution in [-0.2, 0) is 13.1 Å². The zero-order chi connectivity index (χ0) is 19.8. The van der Waals surface area contributed by atoms with Gasteiger partial charge in [-0.2, -0.15) is 0 Å². The van der Waals surface area contributed by atoms with E-state index in [4.69, 9.17) is 0 Å². The highest BCUT2D eigenvalue weighted by Crippen LogP contribution is 2.36. The number of rotatable bonds is 6. The summed E-state index contributed by atoms with van der Waals surface area (Å²) in [6.45, 7) is 9.10. The molecule has 2 aromatic heterocycles. The van der Waals surface area contributed by atoms with E-state index in [1.807, 2.05) is 43.7 Å². The van der Waals surface area contributed by atoms with Crippen LogP contribution in [0, 0.1) is 0 Å². The number of benzene rings is 1. The molecule has 0 bridgehead atoms. The smallest absolute Gasteiger partial charge is 0.0952 e. The molecule has 1 N–H and O–H groups in total. The summed E-state index contributed by atoms with van der Waals surface area (Å²) in [5, 5.41) is 0. The van der Waals surface area contributed by atoms with Crippen LogP contribution in [0.1, 0.15) is 44.9 Å². The minimum atomic E-state index is 0.465. The maximum absolute atomic E-state index is 4.23. The van der Waals surface area contributed by atoms with Gasteiger partial charge in [0.25, 0.3) is 0 Å². The summed E-state index contributed by atoms with van der Waals surface area (Å²) in [7, 11) is 0. The van der Waals surface area contributed by atoms with Crippen LogP contribution in [-0.4, -0.2) is 31.8 Å². The normalized spacial score (nSPS) is 16.8. The lowest BCUT2D eigenvalue weighted by atomic mass is 10.1. The van der Waals surface area contributed by atoms with E-state index in [0.717, 1.165) is 25.3 Å². The Morgan fingerprint density at radius 1 is 1.21 bits per heavy atom. The van der Waals surface area contributed by atoms with E-state index in [-0.39, 0.29) is 0 Å². The molecule has 7 heteroatoms. The van der Waals surface area contributed by atoms with Crippen LogP contribution in [0.3, 0.4) is 0 Å². The van der Waals surface area contributed by atoms with Crippen LogP contribution in [0.5, 0.6) is 0 Å². The van der Waals surface area contributed by atoms with Gasteiger partial charge in [-0.3, -0.25) is 4.98 Å². The zero-order valence-electron chi connectivity index (χ0n) is 16.8. The highest BCUT2D eigenvalue weighted by molar-refractivity contribution is 7.98. The third-order valence-electron chi connectivity index (χ3n) is 4.65. The molecule has 3 heterocycles. The molecule has 0 fully saturated rings. The number of nitrogens with zero attached hydrogens (tertiary/aromatic N) is 4. The summed E-state index contributed by atoms with van der Waals surface area (Å²) < 4.78 is 3.74. The summed E-state index contributed by atoms with van der Waals surface area (Å²) in [4.78, 5) is 14.2. The molecule has 1 unspecified atom stereocenters. The molecule has 0 spiro atoms. The van der Waals surface area contributed by atoms with Crippen LogP contribution < -0.4 is 4.90 Å².